The molecule has 3 aromatic heterocycles. The van der Waals surface area contributed by atoms with Crippen molar-refractivity contribution in [2.45, 2.75) is 6.54 Å². The second-order valence-corrected chi connectivity index (χ2v) is 6.07. The Labute approximate surface area is 143 Å². The van der Waals surface area contributed by atoms with E-state index in [9.17, 15) is 4.79 Å². The number of carbonyl (C=O) groups is 1. The third-order valence-corrected chi connectivity index (χ3v) is 4.12. The largest absolute Gasteiger partial charge is 0.383 e. The van der Waals surface area contributed by atoms with Crippen LogP contribution < -0.4 is 5.73 Å². The number of hydrogen-bond acceptors (Lipinski definition) is 5. The highest BCUT2D eigenvalue weighted by Crippen LogP contribution is 2.29. The van der Waals surface area contributed by atoms with Gasteiger partial charge in [0.05, 0.1) is 16.6 Å². The van der Waals surface area contributed by atoms with Gasteiger partial charge in [0.15, 0.2) is 0 Å². The number of pyridine rings is 1. The summed E-state index contributed by atoms with van der Waals surface area (Å²) in [4.78, 5) is 17.9. The third kappa shape index (κ3) is 2.57. The molecule has 0 aliphatic carbocycles. The molecule has 126 valence electrons. The lowest BCUT2D eigenvalue weighted by atomic mass is 10.1. The number of fused-ring (bicyclic) bond motifs is 3. The van der Waals surface area contributed by atoms with Crippen molar-refractivity contribution in [3.63, 3.8) is 0 Å². The molecule has 0 radical (unpaired) electrons. The number of hydrogen-bond donors (Lipinski definition) is 2. The molecule has 0 fully saturated rings. The average Bonchev–Trinajstić information content (AvgIpc) is 3.24. The van der Waals surface area contributed by atoms with Crippen molar-refractivity contribution in [2.24, 2.45) is 0 Å². The Morgan fingerprint density at radius 3 is 2.84 bits per heavy atom. The number of amides is 1. The molecule has 4 rings (SSSR count). The van der Waals surface area contributed by atoms with Crippen LogP contribution in [-0.2, 0) is 11.3 Å². The molecule has 1 amide bonds. The minimum absolute atomic E-state index is 0.0375. The van der Waals surface area contributed by atoms with Gasteiger partial charge in [-0.3, -0.25) is 14.6 Å². The van der Waals surface area contributed by atoms with Crippen LogP contribution in [0, 0.1) is 0 Å². The fraction of sp³-hybridized carbons (Fsp3) is 0.176. The van der Waals surface area contributed by atoms with Crippen LogP contribution in [0.15, 0.2) is 36.7 Å². The Kier molecular flexibility index (Phi) is 3.38. The molecule has 8 nitrogen and oxygen atoms in total. The molecule has 0 spiro atoms. The Morgan fingerprint density at radius 1 is 1.28 bits per heavy atom. The number of nitrogen functional groups attached to an aromatic ring is 1. The van der Waals surface area contributed by atoms with Crippen LogP contribution in [0.2, 0.25) is 0 Å². The van der Waals surface area contributed by atoms with Gasteiger partial charge in [0.2, 0.25) is 5.91 Å². The number of nitrogens with one attached hydrogen (secondary N) is 1. The van der Waals surface area contributed by atoms with Gasteiger partial charge in [-0.1, -0.05) is 6.07 Å². The number of H-pyrrole nitrogens is 1. The van der Waals surface area contributed by atoms with Gasteiger partial charge in [-0.25, -0.2) is 4.98 Å². The van der Waals surface area contributed by atoms with Gasteiger partial charge in [0.25, 0.3) is 0 Å². The summed E-state index contributed by atoms with van der Waals surface area (Å²) >= 11 is 0. The molecule has 1 aromatic carbocycles. The van der Waals surface area contributed by atoms with Crippen molar-refractivity contribution < 1.29 is 4.79 Å². The van der Waals surface area contributed by atoms with E-state index in [1.807, 2.05) is 24.3 Å². The molecule has 0 unspecified atom stereocenters. The fourth-order valence-electron chi connectivity index (χ4n) is 2.76. The maximum Gasteiger partial charge on any atom is 0.243 e. The zero-order chi connectivity index (χ0) is 17.6. The van der Waals surface area contributed by atoms with Gasteiger partial charge < -0.3 is 10.6 Å². The SMILES string of the molecule is CN(C)C(=O)Cn1cc2c(N)nc3cc(-c4cc[nH]n4)ccc3c2n1. The van der Waals surface area contributed by atoms with E-state index in [2.05, 4.69) is 20.3 Å². The topological polar surface area (TPSA) is 106 Å². The quantitative estimate of drug-likeness (QED) is 0.592. The number of benzene rings is 1. The van der Waals surface area contributed by atoms with Crippen molar-refractivity contribution in [1.29, 1.82) is 0 Å². The van der Waals surface area contributed by atoms with Crippen molar-refractivity contribution in [3.8, 4) is 11.3 Å². The van der Waals surface area contributed by atoms with E-state index in [-0.39, 0.29) is 12.5 Å². The van der Waals surface area contributed by atoms with Crippen LogP contribution in [0.4, 0.5) is 5.82 Å². The average molecular weight is 335 g/mol. The summed E-state index contributed by atoms with van der Waals surface area (Å²) in [5.74, 6) is 0.356. The highest BCUT2D eigenvalue weighted by molar-refractivity contribution is 6.08. The molecule has 0 aliphatic heterocycles. The van der Waals surface area contributed by atoms with Crippen molar-refractivity contribution in [1.82, 2.24) is 29.9 Å². The normalized spacial score (nSPS) is 11.3. The maximum absolute atomic E-state index is 11.9. The van der Waals surface area contributed by atoms with Gasteiger partial charge >= 0.3 is 0 Å². The molecule has 8 heteroatoms. The number of aromatic nitrogens is 5. The standard InChI is InChI=1S/C17H17N7O/c1-23(2)15(25)9-24-8-12-16(22-24)11-4-3-10(13-5-6-19-21-13)7-14(11)20-17(12)18/h3-8H,9H2,1-2H3,(H2,18,20)(H,19,21). The zero-order valence-electron chi connectivity index (χ0n) is 13.9. The number of anilines is 1. The lowest BCUT2D eigenvalue weighted by Crippen LogP contribution is -2.26. The predicted octanol–water partition coefficient (Wildman–Crippen LogP) is 1.64. The summed E-state index contributed by atoms with van der Waals surface area (Å²) in [7, 11) is 3.43. The molecule has 0 bridgehead atoms. The Hall–Kier alpha value is -3.42. The molecule has 0 saturated heterocycles. The minimum atomic E-state index is -0.0375. The third-order valence-electron chi connectivity index (χ3n) is 4.12. The number of likely N-dealkylation sites (N-methyl/N-ethyl adjacent to an activating group) is 1. The second kappa shape index (κ2) is 5.59. The fourth-order valence-corrected chi connectivity index (χ4v) is 2.76. The summed E-state index contributed by atoms with van der Waals surface area (Å²) < 4.78 is 1.60. The molecule has 25 heavy (non-hydrogen) atoms. The molecule has 3 N–H and O–H groups in total. The van der Waals surface area contributed by atoms with E-state index < -0.39 is 0 Å². The molecule has 0 aliphatic rings. The highest BCUT2D eigenvalue weighted by Gasteiger charge is 2.14. The monoisotopic (exact) mass is 335 g/mol. The van der Waals surface area contributed by atoms with Crippen molar-refractivity contribution in [2.75, 3.05) is 19.8 Å². The smallest absolute Gasteiger partial charge is 0.243 e. The first-order chi connectivity index (χ1) is 12.0. The van der Waals surface area contributed by atoms with Crippen molar-refractivity contribution >= 4 is 33.5 Å². The molecule has 4 aromatic rings. The minimum Gasteiger partial charge on any atom is -0.383 e. The van der Waals surface area contributed by atoms with E-state index in [1.54, 1.807) is 31.2 Å². The number of aromatic amines is 1. The van der Waals surface area contributed by atoms with E-state index in [0.29, 0.717) is 5.82 Å². The summed E-state index contributed by atoms with van der Waals surface area (Å²) in [5.41, 5.74) is 9.38. The summed E-state index contributed by atoms with van der Waals surface area (Å²) in [6.45, 7) is 0.161. The first-order valence-electron chi connectivity index (χ1n) is 7.79. The van der Waals surface area contributed by atoms with Gasteiger partial charge in [-0.05, 0) is 18.2 Å². The second-order valence-electron chi connectivity index (χ2n) is 6.07. The number of nitrogens with zero attached hydrogens (tertiary/aromatic N) is 5. The first-order valence-corrected chi connectivity index (χ1v) is 7.79. The summed E-state index contributed by atoms with van der Waals surface area (Å²) in [6.07, 6.45) is 3.54. The molecule has 0 saturated carbocycles. The van der Waals surface area contributed by atoms with Crippen LogP contribution in [0.25, 0.3) is 33.1 Å². The van der Waals surface area contributed by atoms with Gasteiger partial charge in [-0.2, -0.15) is 10.2 Å². The lowest BCUT2D eigenvalue weighted by molar-refractivity contribution is -0.129. The Bertz CT molecular complexity index is 1080. The van der Waals surface area contributed by atoms with Crippen molar-refractivity contribution in [3.05, 3.63) is 36.7 Å². The van der Waals surface area contributed by atoms with Crippen LogP contribution in [0.5, 0.6) is 0 Å². The predicted molar refractivity (Wildman–Crippen MR) is 95.7 cm³/mol. The van der Waals surface area contributed by atoms with E-state index in [4.69, 9.17) is 5.73 Å². The van der Waals surface area contributed by atoms with Crippen LogP contribution in [0.1, 0.15) is 0 Å². The molecular formula is C17H17N7O. The summed E-state index contributed by atoms with van der Waals surface area (Å²) in [5, 5.41) is 13.2. The van der Waals surface area contributed by atoms with E-state index in [0.717, 1.165) is 33.1 Å². The molecular weight excluding hydrogens is 318 g/mol. The van der Waals surface area contributed by atoms with Crippen LogP contribution in [-0.4, -0.2) is 49.9 Å². The van der Waals surface area contributed by atoms with Gasteiger partial charge in [0.1, 0.15) is 17.9 Å². The summed E-state index contributed by atoms with van der Waals surface area (Å²) in [6, 6.07) is 7.76. The van der Waals surface area contributed by atoms with Gasteiger partial charge in [-0.15, -0.1) is 0 Å². The highest BCUT2D eigenvalue weighted by atomic mass is 16.2. The Balaban J connectivity index is 1.85. The Morgan fingerprint density at radius 2 is 2.12 bits per heavy atom. The molecule has 0 atom stereocenters. The first kappa shape index (κ1) is 15.1. The number of carbonyl (C=O) groups excluding carboxylic acids is 1. The lowest BCUT2D eigenvalue weighted by Gasteiger charge is -2.09. The van der Waals surface area contributed by atoms with E-state index >= 15 is 0 Å². The van der Waals surface area contributed by atoms with Gasteiger partial charge in [0, 0.05) is 37.4 Å². The zero-order valence-corrected chi connectivity index (χ0v) is 13.9. The van der Waals surface area contributed by atoms with E-state index in [1.165, 1.54) is 4.90 Å². The number of rotatable bonds is 3. The number of nitrogens with two attached hydrogens (primary N) is 1. The molecule has 3 heterocycles. The van der Waals surface area contributed by atoms with Crippen LogP contribution in [0.3, 0.4) is 0 Å². The van der Waals surface area contributed by atoms with Crippen LogP contribution >= 0.6 is 0 Å². The maximum atomic E-state index is 11.9.